The maximum atomic E-state index is 12.1. The summed E-state index contributed by atoms with van der Waals surface area (Å²) in [4.78, 5) is 14.7. The molecule has 0 aromatic heterocycles. The SMILES string of the molecule is CCCCCCC(C)NC(=O)NC1CCN2CCCCC12. The molecular formula is C17H33N3O. The van der Waals surface area contributed by atoms with Crippen molar-refractivity contribution in [1.29, 1.82) is 0 Å². The van der Waals surface area contributed by atoms with Crippen LogP contribution in [-0.2, 0) is 0 Å². The maximum absolute atomic E-state index is 12.1. The van der Waals surface area contributed by atoms with Gasteiger partial charge in [0.25, 0.3) is 0 Å². The molecule has 0 aliphatic carbocycles. The number of hydrogen-bond acceptors (Lipinski definition) is 2. The second-order valence-electron chi connectivity index (χ2n) is 6.86. The van der Waals surface area contributed by atoms with E-state index in [-0.39, 0.29) is 12.1 Å². The van der Waals surface area contributed by atoms with E-state index in [1.165, 1.54) is 51.5 Å². The molecule has 2 aliphatic heterocycles. The van der Waals surface area contributed by atoms with Crippen molar-refractivity contribution in [3.8, 4) is 0 Å². The van der Waals surface area contributed by atoms with E-state index in [9.17, 15) is 4.79 Å². The first-order chi connectivity index (χ1) is 10.2. The lowest BCUT2D eigenvalue weighted by molar-refractivity contribution is 0.178. The van der Waals surface area contributed by atoms with E-state index in [2.05, 4.69) is 29.4 Å². The summed E-state index contributed by atoms with van der Waals surface area (Å²) in [5.74, 6) is 0. The van der Waals surface area contributed by atoms with E-state index in [0.29, 0.717) is 12.1 Å². The van der Waals surface area contributed by atoms with Crippen LogP contribution in [-0.4, -0.2) is 42.1 Å². The number of carbonyl (C=O) groups is 1. The molecule has 2 amide bonds. The predicted octanol–water partition coefficient (Wildman–Crippen LogP) is 3.27. The fraction of sp³-hybridized carbons (Fsp3) is 0.941. The lowest BCUT2D eigenvalue weighted by Gasteiger charge is -2.32. The zero-order valence-electron chi connectivity index (χ0n) is 13.9. The van der Waals surface area contributed by atoms with Gasteiger partial charge >= 0.3 is 6.03 Å². The van der Waals surface area contributed by atoms with Crippen LogP contribution >= 0.6 is 0 Å². The summed E-state index contributed by atoms with van der Waals surface area (Å²) in [5, 5.41) is 6.33. The van der Waals surface area contributed by atoms with Crippen LogP contribution in [0.4, 0.5) is 4.79 Å². The van der Waals surface area contributed by atoms with E-state index in [0.717, 1.165) is 19.4 Å². The van der Waals surface area contributed by atoms with Gasteiger partial charge in [0.2, 0.25) is 0 Å². The molecule has 0 radical (unpaired) electrons. The molecule has 2 rings (SSSR count). The third kappa shape index (κ3) is 5.17. The molecule has 2 heterocycles. The van der Waals surface area contributed by atoms with Gasteiger partial charge in [-0.25, -0.2) is 4.79 Å². The molecule has 2 aliphatic rings. The fourth-order valence-corrected chi connectivity index (χ4v) is 3.80. The van der Waals surface area contributed by atoms with Crippen LogP contribution in [0.1, 0.15) is 71.6 Å². The predicted molar refractivity (Wildman–Crippen MR) is 87.5 cm³/mol. The number of amides is 2. The Labute approximate surface area is 130 Å². The van der Waals surface area contributed by atoms with E-state index in [4.69, 9.17) is 0 Å². The van der Waals surface area contributed by atoms with Crippen molar-refractivity contribution in [3.05, 3.63) is 0 Å². The largest absolute Gasteiger partial charge is 0.336 e. The summed E-state index contributed by atoms with van der Waals surface area (Å²) in [7, 11) is 0. The number of nitrogens with one attached hydrogen (secondary N) is 2. The van der Waals surface area contributed by atoms with E-state index < -0.39 is 0 Å². The van der Waals surface area contributed by atoms with Crippen LogP contribution in [0.15, 0.2) is 0 Å². The smallest absolute Gasteiger partial charge is 0.315 e. The Morgan fingerprint density at radius 1 is 1.19 bits per heavy atom. The maximum Gasteiger partial charge on any atom is 0.315 e. The third-order valence-electron chi connectivity index (χ3n) is 5.04. The molecule has 2 N–H and O–H groups in total. The molecule has 0 aromatic rings. The van der Waals surface area contributed by atoms with Crippen molar-refractivity contribution >= 4 is 6.03 Å². The average Bonchev–Trinajstić information content (AvgIpc) is 2.87. The minimum Gasteiger partial charge on any atom is -0.336 e. The lowest BCUT2D eigenvalue weighted by atomic mass is 9.99. The number of carbonyl (C=O) groups excluding carboxylic acids is 1. The van der Waals surface area contributed by atoms with Crippen molar-refractivity contribution < 1.29 is 4.79 Å². The summed E-state index contributed by atoms with van der Waals surface area (Å²) >= 11 is 0. The van der Waals surface area contributed by atoms with Gasteiger partial charge in [-0.05, 0) is 39.2 Å². The highest BCUT2D eigenvalue weighted by Gasteiger charge is 2.36. The van der Waals surface area contributed by atoms with Crippen LogP contribution in [0.25, 0.3) is 0 Å². The van der Waals surface area contributed by atoms with Crippen molar-refractivity contribution in [2.75, 3.05) is 13.1 Å². The summed E-state index contributed by atoms with van der Waals surface area (Å²) in [6.07, 6.45) is 11.2. The Morgan fingerprint density at radius 2 is 2.05 bits per heavy atom. The van der Waals surface area contributed by atoms with Crippen molar-refractivity contribution in [1.82, 2.24) is 15.5 Å². The van der Waals surface area contributed by atoms with Gasteiger partial charge in [0.05, 0.1) is 0 Å². The molecule has 21 heavy (non-hydrogen) atoms. The average molecular weight is 295 g/mol. The van der Waals surface area contributed by atoms with Gasteiger partial charge in [0, 0.05) is 24.7 Å². The van der Waals surface area contributed by atoms with Gasteiger partial charge in [0.1, 0.15) is 0 Å². The molecule has 0 saturated carbocycles. The van der Waals surface area contributed by atoms with E-state index >= 15 is 0 Å². The summed E-state index contributed by atoms with van der Waals surface area (Å²) in [6, 6.07) is 1.27. The molecule has 122 valence electrons. The van der Waals surface area contributed by atoms with Crippen LogP contribution in [0, 0.1) is 0 Å². The summed E-state index contributed by atoms with van der Waals surface area (Å²) in [6.45, 7) is 6.72. The van der Waals surface area contributed by atoms with Crippen molar-refractivity contribution in [2.24, 2.45) is 0 Å². The van der Waals surface area contributed by atoms with Crippen molar-refractivity contribution in [3.63, 3.8) is 0 Å². The number of urea groups is 1. The van der Waals surface area contributed by atoms with Crippen LogP contribution < -0.4 is 10.6 Å². The monoisotopic (exact) mass is 295 g/mol. The Kier molecular flexibility index (Phi) is 6.81. The minimum absolute atomic E-state index is 0.0374. The quantitative estimate of drug-likeness (QED) is 0.708. The number of piperidine rings is 1. The van der Waals surface area contributed by atoms with Gasteiger partial charge < -0.3 is 10.6 Å². The summed E-state index contributed by atoms with van der Waals surface area (Å²) in [5.41, 5.74) is 0. The number of fused-ring (bicyclic) bond motifs is 1. The normalized spacial score (nSPS) is 27.1. The van der Waals surface area contributed by atoms with Gasteiger partial charge in [-0.1, -0.05) is 39.0 Å². The molecule has 2 fully saturated rings. The first kappa shape index (κ1) is 16.6. The lowest BCUT2D eigenvalue weighted by Crippen LogP contribution is -2.51. The Hall–Kier alpha value is -0.770. The van der Waals surface area contributed by atoms with Gasteiger partial charge in [0.15, 0.2) is 0 Å². The van der Waals surface area contributed by atoms with Crippen LogP contribution in [0.5, 0.6) is 0 Å². The number of rotatable bonds is 7. The van der Waals surface area contributed by atoms with Gasteiger partial charge in [-0.2, -0.15) is 0 Å². The number of nitrogens with zero attached hydrogens (tertiary/aromatic N) is 1. The number of unbranched alkanes of at least 4 members (excludes halogenated alkanes) is 3. The molecular weight excluding hydrogens is 262 g/mol. The molecule has 0 aromatic carbocycles. The third-order valence-corrected chi connectivity index (χ3v) is 5.04. The Bertz CT molecular complexity index is 321. The van der Waals surface area contributed by atoms with Crippen LogP contribution in [0.3, 0.4) is 0 Å². The molecule has 4 heteroatoms. The Balaban J connectivity index is 1.64. The topological polar surface area (TPSA) is 44.4 Å². The van der Waals surface area contributed by atoms with E-state index in [1.807, 2.05) is 0 Å². The standard InChI is InChI=1S/C17H33N3O/c1-3-4-5-6-9-14(2)18-17(21)19-15-11-13-20-12-8-7-10-16(15)20/h14-16H,3-13H2,1-2H3,(H2,18,19,21). The molecule has 0 spiro atoms. The molecule has 0 bridgehead atoms. The second kappa shape index (κ2) is 8.62. The highest BCUT2D eigenvalue weighted by molar-refractivity contribution is 5.74. The highest BCUT2D eigenvalue weighted by Crippen LogP contribution is 2.27. The second-order valence-corrected chi connectivity index (χ2v) is 6.86. The Morgan fingerprint density at radius 3 is 2.86 bits per heavy atom. The van der Waals surface area contributed by atoms with Gasteiger partial charge in [-0.15, -0.1) is 0 Å². The first-order valence-corrected chi connectivity index (χ1v) is 9.01. The highest BCUT2D eigenvalue weighted by atomic mass is 16.2. The zero-order chi connectivity index (χ0) is 15.1. The summed E-state index contributed by atoms with van der Waals surface area (Å²) < 4.78 is 0. The first-order valence-electron chi connectivity index (χ1n) is 9.01. The van der Waals surface area contributed by atoms with E-state index in [1.54, 1.807) is 0 Å². The number of hydrogen-bond donors (Lipinski definition) is 2. The molecule has 4 nitrogen and oxygen atoms in total. The minimum atomic E-state index is 0.0374. The molecule has 2 saturated heterocycles. The van der Waals surface area contributed by atoms with Crippen molar-refractivity contribution in [2.45, 2.75) is 89.8 Å². The fourth-order valence-electron chi connectivity index (χ4n) is 3.80. The van der Waals surface area contributed by atoms with Crippen LogP contribution in [0.2, 0.25) is 0 Å². The molecule has 3 unspecified atom stereocenters. The molecule has 3 atom stereocenters. The zero-order valence-corrected chi connectivity index (χ0v) is 13.9. The van der Waals surface area contributed by atoms with Gasteiger partial charge in [-0.3, -0.25) is 4.90 Å².